The zero-order valence-electron chi connectivity index (χ0n) is 16.3. The van der Waals surface area contributed by atoms with Gasteiger partial charge in [0.1, 0.15) is 10.5 Å². The van der Waals surface area contributed by atoms with Crippen LogP contribution in [0.5, 0.6) is 0 Å². The summed E-state index contributed by atoms with van der Waals surface area (Å²) >= 11 is 10.4. The number of benzene rings is 1. The molecule has 1 aliphatic rings. The lowest BCUT2D eigenvalue weighted by Gasteiger charge is -2.08. The number of nitrogens with zero attached hydrogens (tertiary/aromatic N) is 3. The van der Waals surface area contributed by atoms with Gasteiger partial charge in [-0.25, -0.2) is 4.98 Å². The molecule has 4 heterocycles. The van der Waals surface area contributed by atoms with Crippen molar-refractivity contribution < 1.29 is 4.74 Å². The van der Waals surface area contributed by atoms with Crippen molar-refractivity contribution >= 4 is 61.4 Å². The van der Waals surface area contributed by atoms with E-state index in [0.717, 1.165) is 45.9 Å². The molecule has 0 saturated carbocycles. The first-order chi connectivity index (χ1) is 15.1. The maximum absolute atomic E-state index is 12.6. The smallest absolute Gasteiger partial charge is 0.268 e. The third kappa shape index (κ3) is 4.93. The van der Waals surface area contributed by atoms with Crippen molar-refractivity contribution in [1.82, 2.24) is 20.2 Å². The predicted octanol–water partition coefficient (Wildman–Crippen LogP) is 5.04. The topological polar surface area (TPSA) is 92.8 Å². The predicted molar refractivity (Wildman–Crippen MR) is 128 cm³/mol. The highest BCUT2D eigenvalue weighted by molar-refractivity contribution is 8.00. The van der Waals surface area contributed by atoms with Crippen LogP contribution in [0.25, 0.3) is 20.7 Å². The summed E-state index contributed by atoms with van der Waals surface area (Å²) in [5.74, 6) is 1.13. The van der Waals surface area contributed by atoms with E-state index < -0.39 is 0 Å². The van der Waals surface area contributed by atoms with E-state index in [2.05, 4.69) is 25.5 Å². The van der Waals surface area contributed by atoms with Gasteiger partial charge >= 0.3 is 0 Å². The molecule has 1 saturated heterocycles. The van der Waals surface area contributed by atoms with Crippen LogP contribution >= 0.6 is 46.0 Å². The molecular weight excluding hydrogens is 474 g/mol. The number of rotatable bonds is 7. The van der Waals surface area contributed by atoms with Crippen LogP contribution in [-0.4, -0.2) is 39.4 Å². The van der Waals surface area contributed by atoms with E-state index in [-0.39, 0.29) is 11.7 Å². The van der Waals surface area contributed by atoms with Crippen molar-refractivity contribution in [1.29, 1.82) is 0 Å². The highest BCUT2D eigenvalue weighted by Gasteiger charge is 2.16. The Labute approximate surface area is 195 Å². The van der Waals surface area contributed by atoms with Crippen LogP contribution < -0.4 is 10.9 Å². The highest BCUT2D eigenvalue weighted by Crippen LogP contribution is 2.32. The minimum absolute atomic E-state index is 0.123. The maximum Gasteiger partial charge on any atom is 0.268 e. The molecule has 1 atom stereocenters. The van der Waals surface area contributed by atoms with E-state index in [1.807, 2.05) is 30.3 Å². The van der Waals surface area contributed by atoms with Gasteiger partial charge in [0.15, 0.2) is 4.34 Å². The minimum atomic E-state index is -0.123. The fourth-order valence-corrected chi connectivity index (χ4v) is 6.04. The monoisotopic (exact) mass is 491 g/mol. The normalized spacial score (nSPS) is 16.2. The lowest BCUT2D eigenvalue weighted by atomic mass is 10.2. The lowest BCUT2D eigenvalue weighted by molar-refractivity contribution is 0.120. The Morgan fingerprint density at radius 2 is 2.13 bits per heavy atom. The maximum atomic E-state index is 12.6. The first-order valence-corrected chi connectivity index (χ1v) is 12.7. The molecule has 0 spiro atoms. The standard InChI is InChI=1S/C20H18ClN5O2S3/c21-12-5-3-11(4-6-12)15-8-14-17(30-15)18(27)24-16(23-14)10-29-20-26-25-19(31-20)22-9-13-2-1-7-28-13/h3-6,8,13H,1-2,7,9-10H2,(H,22,25)(H,23,24,27). The Morgan fingerprint density at radius 3 is 2.94 bits per heavy atom. The molecule has 3 aromatic heterocycles. The Bertz CT molecular complexity index is 1250. The van der Waals surface area contributed by atoms with Gasteiger partial charge in [-0.3, -0.25) is 4.79 Å². The van der Waals surface area contributed by atoms with Gasteiger partial charge in [-0.2, -0.15) is 0 Å². The van der Waals surface area contributed by atoms with Crippen LogP contribution in [0.1, 0.15) is 18.7 Å². The van der Waals surface area contributed by atoms with Crippen LogP contribution in [-0.2, 0) is 10.5 Å². The molecule has 1 unspecified atom stereocenters. The molecule has 1 fully saturated rings. The Hall–Kier alpha value is -1.98. The van der Waals surface area contributed by atoms with Gasteiger partial charge in [-0.1, -0.05) is 46.8 Å². The van der Waals surface area contributed by atoms with Crippen molar-refractivity contribution in [3.8, 4) is 10.4 Å². The highest BCUT2D eigenvalue weighted by atomic mass is 35.5. The first kappa shape index (κ1) is 20.9. The van der Waals surface area contributed by atoms with E-state index in [0.29, 0.717) is 26.8 Å². The third-order valence-electron chi connectivity index (χ3n) is 4.80. The summed E-state index contributed by atoms with van der Waals surface area (Å²) in [6.07, 6.45) is 2.45. The summed E-state index contributed by atoms with van der Waals surface area (Å²) in [4.78, 5) is 21.1. The summed E-state index contributed by atoms with van der Waals surface area (Å²) in [6.45, 7) is 1.59. The summed E-state index contributed by atoms with van der Waals surface area (Å²) in [5, 5.41) is 13.1. The molecule has 0 aliphatic carbocycles. The molecule has 5 rings (SSSR count). The molecule has 0 amide bonds. The number of anilines is 1. The number of H-pyrrole nitrogens is 1. The van der Waals surface area contributed by atoms with Crippen molar-refractivity contribution in [3.63, 3.8) is 0 Å². The molecule has 31 heavy (non-hydrogen) atoms. The fourth-order valence-electron chi connectivity index (χ4n) is 3.29. The fraction of sp³-hybridized carbons (Fsp3) is 0.300. The zero-order valence-corrected chi connectivity index (χ0v) is 19.5. The molecular formula is C20H18ClN5O2S3. The molecule has 2 N–H and O–H groups in total. The summed E-state index contributed by atoms with van der Waals surface area (Å²) < 4.78 is 7.05. The van der Waals surface area contributed by atoms with Gasteiger partial charge in [0, 0.05) is 23.1 Å². The van der Waals surface area contributed by atoms with Crippen LogP contribution in [0, 0.1) is 0 Å². The summed E-state index contributed by atoms with van der Waals surface area (Å²) in [7, 11) is 0. The second-order valence-electron chi connectivity index (χ2n) is 7.02. The van der Waals surface area contributed by atoms with Gasteiger partial charge in [0.2, 0.25) is 5.13 Å². The number of thioether (sulfide) groups is 1. The SMILES string of the molecule is O=c1[nH]c(CSc2nnc(NCC3CCCO3)s2)nc2cc(-c3ccc(Cl)cc3)sc12. The third-order valence-corrected chi connectivity index (χ3v) is 8.25. The summed E-state index contributed by atoms with van der Waals surface area (Å²) in [6, 6.07) is 9.51. The Kier molecular flexibility index (Phi) is 6.24. The second kappa shape index (κ2) is 9.25. The molecule has 160 valence electrons. The lowest BCUT2D eigenvalue weighted by Crippen LogP contribution is -2.18. The molecule has 0 bridgehead atoms. The average molecular weight is 492 g/mol. The van der Waals surface area contributed by atoms with Gasteiger partial charge in [-0.15, -0.1) is 21.5 Å². The molecule has 7 nitrogen and oxygen atoms in total. The van der Waals surface area contributed by atoms with Gasteiger partial charge < -0.3 is 15.0 Å². The van der Waals surface area contributed by atoms with Crippen LogP contribution in [0.2, 0.25) is 5.02 Å². The van der Waals surface area contributed by atoms with Gasteiger partial charge in [-0.05, 0) is 36.6 Å². The molecule has 11 heteroatoms. The zero-order chi connectivity index (χ0) is 21.2. The van der Waals surface area contributed by atoms with Gasteiger partial charge in [0.25, 0.3) is 5.56 Å². The van der Waals surface area contributed by atoms with E-state index in [4.69, 9.17) is 16.3 Å². The Morgan fingerprint density at radius 1 is 1.26 bits per heavy atom. The molecule has 1 aliphatic heterocycles. The van der Waals surface area contributed by atoms with Crippen molar-refractivity contribution in [3.05, 3.63) is 51.5 Å². The van der Waals surface area contributed by atoms with Crippen LogP contribution in [0.4, 0.5) is 5.13 Å². The van der Waals surface area contributed by atoms with Crippen LogP contribution in [0.3, 0.4) is 0 Å². The Balaban J connectivity index is 1.26. The van der Waals surface area contributed by atoms with E-state index in [9.17, 15) is 4.79 Å². The van der Waals surface area contributed by atoms with E-state index in [1.54, 1.807) is 0 Å². The number of aromatic nitrogens is 4. The number of hydrogen-bond donors (Lipinski definition) is 2. The number of fused-ring (bicyclic) bond motifs is 1. The first-order valence-electron chi connectivity index (χ1n) is 9.74. The molecule has 4 aromatic rings. The van der Waals surface area contributed by atoms with Crippen molar-refractivity contribution in [2.24, 2.45) is 0 Å². The average Bonchev–Trinajstić information content (AvgIpc) is 3.52. The molecule has 1 aromatic carbocycles. The minimum Gasteiger partial charge on any atom is -0.376 e. The second-order valence-corrected chi connectivity index (χ2v) is 10.7. The number of thiophene rings is 1. The van der Waals surface area contributed by atoms with Crippen molar-refractivity contribution in [2.45, 2.75) is 29.0 Å². The quantitative estimate of drug-likeness (QED) is 0.350. The number of ether oxygens (including phenoxy) is 1. The number of aromatic amines is 1. The summed E-state index contributed by atoms with van der Waals surface area (Å²) in [5.41, 5.74) is 1.59. The van der Waals surface area contributed by atoms with E-state index in [1.165, 1.54) is 34.4 Å². The number of nitrogens with one attached hydrogen (secondary N) is 2. The number of hydrogen-bond acceptors (Lipinski definition) is 9. The molecule has 0 radical (unpaired) electrons. The van der Waals surface area contributed by atoms with Crippen LogP contribution in [0.15, 0.2) is 39.5 Å². The number of halogens is 1. The van der Waals surface area contributed by atoms with Crippen molar-refractivity contribution in [2.75, 3.05) is 18.5 Å². The van der Waals surface area contributed by atoms with E-state index >= 15 is 0 Å². The largest absolute Gasteiger partial charge is 0.376 e. The van der Waals surface area contributed by atoms with Gasteiger partial charge in [0.05, 0.1) is 17.4 Å².